The van der Waals surface area contributed by atoms with E-state index < -0.39 is 29.3 Å². The zero-order valence-corrected chi connectivity index (χ0v) is 20.8. The number of nitrogens with zero attached hydrogens (tertiary/aromatic N) is 2. The monoisotopic (exact) mass is 493 g/mol. The Morgan fingerprint density at radius 3 is 2.35 bits per heavy atom. The number of para-hydroxylation sites is 1. The number of carbonyl (C=O) groups excluding carboxylic acids is 2. The van der Waals surface area contributed by atoms with Crippen LogP contribution in [0.2, 0.25) is 0 Å². The van der Waals surface area contributed by atoms with Crippen LogP contribution in [0.15, 0.2) is 72.8 Å². The fourth-order valence-corrected chi connectivity index (χ4v) is 5.74. The summed E-state index contributed by atoms with van der Waals surface area (Å²) in [4.78, 5) is 29.5. The highest BCUT2D eigenvalue weighted by Gasteiger charge is 2.65. The van der Waals surface area contributed by atoms with Crippen molar-refractivity contribution >= 4 is 23.5 Å². The van der Waals surface area contributed by atoms with E-state index in [4.69, 9.17) is 15.2 Å². The summed E-state index contributed by atoms with van der Waals surface area (Å²) in [5.74, 6) is -0.945. The summed E-state index contributed by atoms with van der Waals surface area (Å²) in [5, 5.41) is 10.7. The molecule has 4 atom stereocenters. The van der Waals surface area contributed by atoms with Gasteiger partial charge in [0.05, 0.1) is 26.3 Å². The van der Waals surface area contributed by atoms with Crippen LogP contribution in [-0.2, 0) is 4.79 Å². The first-order valence-electron chi connectivity index (χ1n) is 12.0. The van der Waals surface area contributed by atoms with Crippen molar-refractivity contribution in [3.63, 3.8) is 0 Å². The molecule has 2 aliphatic rings. The third kappa shape index (κ3) is 3.56. The molecule has 2 aliphatic heterocycles. The van der Waals surface area contributed by atoms with Gasteiger partial charge in [0.25, 0.3) is 0 Å². The molecule has 1 fully saturated rings. The lowest BCUT2D eigenvalue weighted by molar-refractivity contribution is -0.125. The van der Waals surface area contributed by atoms with Gasteiger partial charge in [-0.25, -0.2) is 0 Å². The standard InChI is InChI=1S/C30H27N3O4/c1-18-8-10-20(11-9-18)28(34)27-26(21-12-14-23(36-2)24(16-21)37-3)30(17-31,29(32)35)25-15-13-19-6-4-5-7-22(19)33(25)27/h4-16,25-27H,1-3H3,(H2,32,35)/t25-,26+,27+,30+/m0/s1. The van der Waals surface area contributed by atoms with E-state index in [1.54, 1.807) is 30.3 Å². The summed E-state index contributed by atoms with van der Waals surface area (Å²) in [5.41, 5.74) is 8.09. The molecule has 2 N–H and O–H groups in total. The maximum atomic E-state index is 14.3. The number of carbonyl (C=O) groups is 2. The van der Waals surface area contributed by atoms with Crippen molar-refractivity contribution in [2.45, 2.75) is 24.9 Å². The van der Waals surface area contributed by atoms with Crippen molar-refractivity contribution in [2.75, 3.05) is 19.1 Å². The molecule has 0 aliphatic carbocycles. The maximum Gasteiger partial charge on any atom is 0.241 e. The molecule has 3 aromatic carbocycles. The van der Waals surface area contributed by atoms with Gasteiger partial charge in [0.15, 0.2) is 22.7 Å². The van der Waals surface area contributed by atoms with Gasteiger partial charge in [0.1, 0.15) is 6.04 Å². The van der Waals surface area contributed by atoms with Crippen LogP contribution < -0.4 is 20.1 Å². The second-order valence-corrected chi connectivity index (χ2v) is 9.38. The topological polar surface area (TPSA) is 106 Å². The third-order valence-corrected chi connectivity index (χ3v) is 7.51. The molecule has 1 saturated heterocycles. The van der Waals surface area contributed by atoms with E-state index in [0.717, 1.165) is 16.8 Å². The Hall–Kier alpha value is -4.57. The van der Waals surface area contributed by atoms with Gasteiger partial charge in [0.2, 0.25) is 5.91 Å². The van der Waals surface area contributed by atoms with E-state index >= 15 is 0 Å². The molecule has 37 heavy (non-hydrogen) atoms. The van der Waals surface area contributed by atoms with Crippen LogP contribution in [0.4, 0.5) is 5.69 Å². The van der Waals surface area contributed by atoms with E-state index in [9.17, 15) is 14.9 Å². The summed E-state index contributed by atoms with van der Waals surface area (Å²) < 4.78 is 10.9. The summed E-state index contributed by atoms with van der Waals surface area (Å²) in [7, 11) is 3.04. The number of anilines is 1. The van der Waals surface area contributed by atoms with Gasteiger partial charge < -0.3 is 20.1 Å². The second-order valence-electron chi connectivity index (χ2n) is 9.38. The van der Waals surface area contributed by atoms with Crippen LogP contribution in [0, 0.1) is 23.7 Å². The number of amides is 1. The molecule has 2 heterocycles. The highest BCUT2D eigenvalue weighted by Crippen LogP contribution is 2.56. The van der Waals surface area contributed by atoms with Crippen molar-refractivity contribution in [1.29, 1.82) is 5.26 Å². The Labute approximate surface area is 215 Å². The average molecular weight is 494 g/mol. The Morgan fingerprint density at radius 1 is 1.00 bits per heavy atom. The summed E-state index contributed by atoms with van der Waals surface area (Å²) in [6.45, 7) is 1.95. The number of nitriles is 1. The van der Waals surface area contributed by atoms with Crippen LogP contribution in [-0.4, -0.2) is 38.0 Å². The molecule has 5 rings (SSSR count). The molecule has 0 aromatic heterocycles. The number of nitrogens with two attached hydrogens (primary N) is 1. The Morgan fingerprint density at radius 2 is 1.70 bits per heavy atom. The minimum Gasteiger partial charge on any atom is -0.493 e. The number of methoxy groups -OCH3 is 2. The van der Waals surface area contributed by atoms with Gasteiger partial charge in [-0.3, -0.25) is 9.59 Å². The molecule has 1 amide bonds. The van der Waals surface area contributed by atoms with Crippen LogP contribution in [0.1, 0.15) is 33.0 Å². The maximum absolute atomic E-state index is 14.3. The first-order chi connectivity index (χ1) is 17.9. The SMILES string of the molecule is COc1ccc([C@@H]2[C@H](C(=O)c3ccc(C)cc3)N3c4ccccc4C=C[C@H]3[C@@]2(C#N)C(N)=O)cc1OC. The molecule has 0 radical (unpaired) electrons. The third-order valence-electron chi connectivity index (χ3n) is 7.51. The Balaban J connectivity index is 1.81. The summed E-state index contributed by atoms with van der Waals surface area (Å²) in [6, 6.07) is 20.8. The largest absolute Gasteiger partial charge is 0.493 e. The predicted octanol–water partition coefficient (Wildman–Crippen LogP) is 4.26. The molecule has 0 saturated carbocycles. The molecule has 7 heteroatoms. The fraction of sp³-hybridized carbons (Fsp3) is 0.233. The number of ketones is 1. The smallest absolute Gasteiger partial charge is 0.241 e. The summed E-state index contributed by atoms with van der Waals surface area (Å²) >= 11 is 0. The first-order valence-corrected chi connectivity index (χ1v) is 12.0. The minimum absolute atomic E-state index is 0.201. The number of fused-ring (bicyclic) bond motifs is 3. The first kappa shape index (κ1) is 24.1. The van der Waals surface area contributed by atoms with Crippen molar-refractivity contribution in [3.05, 3.63) is 95.1 Å². The Bertz CT molecular complexity index is 1460. The number of benzene rings is 3. The van der Waals surface area contributed by atoms with E-state index in [2.05, 4.69) is 6.07 Å². The lowest BCUT2D eigenvalue weighted by atomic mass is 9.67. The van der Waals surface area contributed by atoms with Crippen LogP contribution in [0.25, 0.3) is 6.08 Å². The molecule has 0 spiro atoms. The van der Waals surface area contributed by atoms with Crippen molar-refractivity contribution < 1.29 is 19.1 Å². The zero-order valence-electron chi connectivity index (χ0n) is 20.8. The van der Waals surface area contributed by atoms with Crippen LogP contribution in [0.5, 0.6) is 11.5 Å². The molecule has 3 aromatic rings. The number of hydrogen-bond acceptors (Lipinski definition) is 6. The zero-order chi connectivity index (χ0) is 26.3. The van der Waals surface area contributed by atoms with Crippen molar-refractivity contribution in [3.8, 4) is 17.6 Å². The quantitative estimate of drug-likeness (QED) is 0.515. The average Bonchev–Trinajstić information content (AvgIpc) is 3.24. The highest BCUT2D eigenvalue weighted by atomic mass is 16.5. The number of primary amides is 1. The number of aryl methyl sites for hydroxylation is 1. The number of Topliss-reactive ketones (excluding diaryl/α,β-unsaturated/α-hetero) is 1. The molecular weight excluding hydrogens is 466 g/mol. The minimum atomic E-state index is -1.73. The van der Waals surface area contributed by atoms with E-state index in [0.29, 0.717) is 22.6 Å². The van der Waals surface area contributed by atoms with Crippen molar-refractivity contribution in [2.24, 2.45) is 11.1 Å². The van der Waals surface area contributed by atoms with E-state index in [1.807, 2.05) is 60.4 Å². The normalized spacial score (nSPS) is 23.5. The molecule has 7 nitrogen and oxygen atoms in total. The number of rotatable bonds is 6. The van der Waals surface area contributed by atoms with Gasteiger partial charge >= 0.3 is 0 Å². The fourth-order valence-electron chi connectivity index (χ4n) is 5.74. The van der Waals surface area contributed by atoms with Crippen LogP contribution in [0.3, 0.4) is 0 Å². The molecule has 186 valence electrons. The van der Waals surface area contributed by atoms with Gasteiger partial charge in [-0.2, -0.15) is 5.26 Å². The lowest BCUT2D eigenvalue weighted by Crippen LogP contribution is -2.49. The van der Waals surface area contributed by atoms with Gasteiger partial charge in [-0.15, -0.1) is 0 Å². The van der Waals surface area contributed by atoms with Crippen molar-refractivity contribution in [1.82, 2.24) is 0 Å². The number of hydrogen-bond donors (Lipinski definition) is 1. The second kappa shape index (κ2) is 9.14. The van der Waals surface area contributed by atoms with Crippen LogP contribution >= 0.6 is 0 Å². The lowest BCUT2D eigenvalue weighted by Gasteiger charge is -2.36. The number of ether oxygens (including phenoxy) is 2. The molecule has 0 bridgehead atoms. The Kier molecular flexibility index (Phi) is 5.96. The van der Waals surface area contributed by atoms with Gasteiger partial charge in [0, 0.05) is 17.2 Å². The van der Waals surface area contributed by atoms with Gasteiger partial charge in [-0.05, 0) is 36.2 Å². The van der Waals surface area contributed by atoms with E-state index in [-0.39, 0.29) is 5.78 Å². The highest BCUT2D eigenvalue weighted by molar-refractivity contribution is 6.06. The van der Waals surface area contributed by atoms with Gasteiger partial charge in [-0.1, -0.05) is 66.2 Å². The summed E-state index contributed by atoms with van der Waals surface area (Å²) in [6.07, 6.45) is 3.70. The molecular formula is C30H27N3O4. The van der Waals surface area contributed by atoms with E-state index in [1.165, 1.54) is 14.2 Å². The molecule has 0 unspecified atom stereocenters. The predicted molar refractivity (Wildman–Crippen MR) is 141 cm³/mol.